The second-order valence-corrected chi connectivity index (χ2v) is 3.57. The van der Waals surface area contributed by atoms with Gasteiger partial charge < -0.3 is 21.2 Å². The molecular weight excluding hydrogens is 218 g/mol. The number of para-hydroxylation sites is 1. The minimum Gasteiger partial charge on any atom is -0.467 e. The lowest BCUT2D eigenvalue weighted by molar-refractivity contribution is 0.100. The molecule has 0 aliphatic carbocycles. The Morgan fingerprint density at radius 2 is 2.12 bits per heavy atom. The quantitative estimate of drug-likeness (QED) is 0.696. The zero-order chi connectivity index (χ0) is 12.3. The Morgan fingerprint density at radius 1 is 1.29 bits per heavy atom. The minimum atomic E-state index is -0.515. The van der Waals surface area contributed by atoms with Crippen molar-refractivity contribution < 1.29 is 9.21 Å². The fraction of sp³-hybridized carbons (Fsp3) is 0.0833. The summed E-state index contributed by atoms with van der Waals surface area (Å²) in [6.07, 6.45) is 1.58. The topological polar surface area (TPSA) is 94.3 Å². The molecule has 0 aliphatic heterocycles. The molecule has 17 heavy (non-hydrogen) atoms. The molecule has 5 nitrogen and oxygen atoms in total. The highest BCUT2D eigenvalue weighted by Gasteiger charge is 2.10. The third kappa shape index (κ3) is 2.39. The molecule has 0 spiro atoms. The van der Waals surface area contributed by atoms with Crippen molar-refractivity contribution in [2.75, 3.05) is 11.1 Å². The van der Waals surface area contributed by atoms with Gasteiger partial charge in [-0.05, 0) is 24.3 Å². The number of benzene rings is 1. The average molecular weight is 231 g/mol. The van der Waals surface area contributed by atoms with Crippen LogP contribution < -0.4 is 16.8 Å². The van der Waals surface area contributed by atoms with Crippen molar-refractivity contribution in [3.05, 3.63) is 47.9 Å². The van der Waals surface area contributed by atoms with E-state index in [4.69, 9.17) is 15.9 Å². The predicted molar refractivity (Wildman–Crippen MR) is 65.4 cm³/mol. The molecule has 1 heterocycles. The van der Waals surface area contributed by atoms with Gasteiger partial charge in [0.25, 0.3) is 5.91 Å². The van der Waals surface area contributed by atoms with Gasteiger partial charge in [0.15, 0.2) is 0 Å². The van der Waals surface area contributed by atoms with Crippen LogP contribution >= 0.6 is 0 Å². The van der Waals surface area contributed by atoms with Crippen molar-refractivity contribution in [2.24, 2.45) is 5.73 Å². The molecule has 2 rings (SSSR count). The number of nitrogen functional groups attached to an aromatic ring is 1. The Balaban J connectivity index is 2.22. The summed E-state index contributed by atoms with van der Waals surface area (Å²) < 4.78 is 5.18. The number of nitrogens with one attached hydrogen (secondary N) is 1. The van der Waals surface area contributed by atoms with Crippen molar-refractivity contribution in [1.29, 1.82) is 0 Å². The van der Waals surface area contributed by atoms with Crippen molar-refractivity contribution in [3.63, 3.8) is 0 Å². The van der Waals surface area contributed by atoms with Gasteiger partial charge in [0.1, 0.15) is 5.76 Å². The zero-order valence-corrected chi connectivity index (χ0v) is 9.14. The maximum absolute atomic E-state index is 11.2. The van der Waals surface area contributed by atoms with Crippen LogP contribution in [-0.2, 0) is 6.54 Å². The Bertz CT molecular complexity index is 521. The summed E-state index contributed by atoms with van der Waals surface area (Å²) in [5.74, 6) is 0.239. The van der Waals surface area contributed by atoms with Gasteiger partial charge in [-0.15, -0.1) is 0 Å². The first-order valence-corrected chi connectivity index (χ1v) is 5.13. The van der Waals surface area contributed by atoms with Crippen LogP contribution in [-0.4, -0.2) is 5.91 Å². The summed E-state index contributed by atoms with van der Waals surface area (Å²) in [5, 5.41) is 3.05. The van der Waals surface area contributed by atoms with E-state index in [2.05, 4.69) is 5.32 Å². The number of anilines is 2. The lowest BCUT2D eigenvalue weighted by Gasteiger charge is -2.11. The maximum atomic E-state index is 11.2. The molecule has 2 aromatic rings. The van der Waals surface area contributed by atoms with E-state index >= 15 is 0 Å². The maximum Gasteiger partial charge on any atom is 0.250 e. The first-order valence-electron chi connectivity index (χ1n) is 5.13. The summed E-state index contributed by atoms with van der Waals surface area (Å²) in [4.78, 5) is 11.2. The number of furan rings is 1. The van der Waals surface area contributed by atoms with E-state index in [1.165, 1.54) is 0 Å². The molecule has 0 unspecified atom stereocenters. The third-order valence-corrected chi connectivity index (χ3v) is 2.38. The summed E-state index contributed by atoms with van der Waals surface area (Å²) in [6, 6.07) is 8.64. The van der Waals surface area contributed by atoms with Gasteiger partial charge >= 0.3 is 0 Å². The van der Waals surface area contributed by atoms with E-state index in [1.807, 2.05) is 6.07 Å². The van der Waals surface area contributed by atoms with Crippen LogP contribution in [0.1, 0.15) is 16.1 Å². The van der Waals surface area contributed by atoms with Gasteiger partial charge in [0.05, 0.1) is 29.7 Å². The Morgan fingerprint density at radius 3 is 2.76 bits per heavy atom. The SMILES string of the molecule is NC(=O)c1cccc(N)c1NCc1ccco1. The number of primary amides is 1. The minimum absolute atomic E-state index is 0.372. The van der Waals surface area contributed by atoms with Gasteiger partial charge in [0, 0.05) is 0 Å². The fourth-order valence-corrected chi connectivity index (χ4v) is 1.56. The van der Waals surface area contributed by atoms with Crippen LogP contribution in [0.4, 0.5) is 11.4 Å². The van der Waals surface area contributed by atoms with Crippen molar-refractivity contribution in [3.8, 4) is 0 Å². The second kappa shape index (κ2) is 4.61. The van der Waals surface area contributed by atoms with E-state index < -0.39 is 5.91 Å². The molecule has 5 heteroatoms. The van der Waals surface area contributed by atoms with Crippen molar-refractivity contribution in [2.45, 2.75) is 6.54 Å². The summed E-state index contributed by atoms with van der Waals surface area (Å²) in [6.45, 7) is 0.446. The third-order valence-electron chi connectivity index (χ3n) is 2.38. The first kappa shape index (κ1) is 11.1. The average Bonchev–Trinajstić information content (AvgIpc) is 2.80. The molecule has 0 atom stereocenters. The number of hydrogen-bond acceptors (Lipinski definition) is 4. The summed E-state index contributed by atoms with van der Waals surface area (Å²) in [7, 11) is 0. The Hall–Kier alpha value is -2.43. The van der Waals surface area contributed by atoms with Crippen LogP contribution in [0.5, 0.6) is 0 Å². The summed E-state index contributed by atoms with van der Waals surface area (Å²) >= 11 is 0. The molecule has 0 radical (unpaired) electrons. The predicted octanol–water partition coefficient (Wildman–Crippen LogP) is 1.57. The van der Waals surface area contributed by atoms with Gasteiger partial charge in [-0.25, -0.2) is 0 Å². The Labute approximate surface area is 98.4 Å². The normalized spacial score (nSPS) is 10.1. The highest BCUT2D eigenvalue weighted by atomic mass is 16.3. The van der Waals surface area contributed by atoms with Gasteiger partial charge in [-0.2, -0.15) is 0 Å². The van der Waals surface area contributed by atoms with Crippen LogP contribution in [0.3, 0.4) is 0 Å². The number of amides is 1. The van der Waals surface area contributed by atoms with Gasteiger partial charge in [0.2, 0.25) is 0 Å². The number of hydrogen-bond donors (Lipinski definition) is 3. The number of carbonyl (C=O) groups excluding carboxylic acids is 1. The first-order chi connectivity index (χ1) is 8.18. The molecule has 1 aromatic heterocycles. The molecule has 88 valence electrons. The zero-order valence-electron chi connectivity index (χ0n) is 9.14. The van der Waals surface area contributed by atoms with Crippen LogP contribution in [0.15, 0.2) is 41.0 Å². The molecule has 0 fully saturated rings. The molecule has 0 saturated heterocycles. The van der Waals surface area contributed by atoms with E-state index in [9.17, 15) is 4.79 Å². The van der Waals surface area contributed by atoms with Crippen LogP contribution in [0, 0.1) is 0 Å². The van der Waals surface area contributed by atoms with Crippen molar-refractivity contribution in [1.82, 2.24) is 0 Å². The lowest BCUT2D eigenvalue weighted by atomic mass is 10.1. The van der Waals surface area contributed by atoms with Crippen molar-refractivity contribution >= 4 is 17.3 Å². The van der Waals surface area contributed by atoms with Gasteiger partial charge in [-0.1, -0.05) is 6.07 Å². The highest BCUT2D eigenvalue weighted by Crippen LogP contribution is 2.23. The van der Waals surface area contributed by atoms with E-state index in [1.54, 1.807) is 30.5 Å². The van der Waals surface area contributed by atoms with Crippen LogP contribution in [0.25, 0.3) is 0 Å². The monoisotopic (exact) mass is 231 g/mol. The molecular formula is C12H13N3O2. The number of carbonyl (C=O) groups is 1. The summed E-state index contributed by atoms with van der Waals surface area (Å²) in [5.41, 5.74) is 12.5. The number of rotatable bonds is 4. The van der Waals surface area contributed by atoms with Crippen LogP contribution in [0.2, 0.25) is 0 Å². The Kier molecular flexibility index (Phi) is 3.00. The second-order valence-electron chi connectivity index (χ2n) is 3.57. The van der Waals surface area contributed by atoms with E-state index in [0.717, 1.165) is 5.76 Å². The number of nitrogens with two attached hydrogens (primary N) is 2. The largest absolute Gasteiger partial charge is 0.467 e. The molecule has 5 N–H and O–H groups in total. The molecule has 0 bridgehead atoms. The molecule has 0 aliphatic rings. The van der Waals surface area contributed by atoms with E-state index in [-0.39, 0.29) is 0 Å². The van der Waals surface area contributed by atoms with E-state index in [0.29, 0.717) is 23.5 Å². The highest BCUT2D eigenvalue weighted by molar-refractivity contribution is 6.01. The molecule has 1 amide bonds. The molecule has 1 aromatic carbocycles. The standard InChI is InChI=1S/C12H13N3O2/c13-10-5-1-4-9(12(14)16)11(10)15-7-8-3-2-6-17-8/h1-6,15H,7,13H2,(H2,14,16). The molecule has 0 saturated carbocycles. The lowest BCUT2D eigenvalue weighted by Crippen LogP contribution is -2.15. The fourth-order valence-electron chi connectivity index (χ4n) is 1.56. The van der Waals surface area contributed by atoms with Gasteiger partial charge in [-0.3, -0.25) is 4.79 Å². The smallest absolute Gasteiger partial charge is 0.250 e.